The molecule has 2 N–H and O–H groups in total. The fourth-order valence-corrected chi connectivity index (χ4v) is 2.46. The zero-order chi connectivity index (χ0) is 16.1. The Hall–Kier alpha value is -2.14. The highest BCUT2D eigenvalue weighted by Gasteiger charge is 2.30. The highest BCUT2D eigenvalue weighted by Crippen LogP contribution is 2.22. The van der Waals surface area contributed by atoms with E-state index >= 15 is 0 Å². The first kappa shape index (κ1) is 16.2. The number of hydrogen-bond donors (Lipinski definition) is 2. The van der Waals surface area contributed by atoms with E-state index in [-0.39, 0.29) is 18.8 Å². The number of benzene rings is 1. The number of unbranched alkanes of at least 4 members (excludes halogenated alkanes) is 1. The van der Waals surface area contributed by atoms with E-state index < -0.39 is 11.8 Å². The van der Waals surface area contributed by atoms with Crippen LogP contribution >= 0.6 is 0 Å². The van der Waals surface area contributed by atoms with Crippen molar-refractivity contribution in [3.8, 4) is 0 Å². The number of rotatable bonds is 7. The Kier molecular flexibility index (Phi) is 5.33. The quantitative estimate of drug-likeness (QED) is 0.756. The summed E-state index contributed by atoms with van der Waals surface area (Å²) in [4.78, 5) is 24.8. The minimum Gasteiger partial charge on any atom is -0.395 e. The molecule has 1 heterocycles. The summed E-state index contributed by atoms with van der Waals surface area (Å²) in [5.41, 5.74) is 3.38. The maximum atomic E-state index is 12.1. The summed E-state index contributed by atoms with van der Waals surface area (Å²) in [5.74, 6) is -0.785. The number of β-amino-alcohol motifs (C(OH)–C–C–N with tert-alkyl or cyclic N) is 1. The maximum Gasteiger partial charge on any atom is 0.277 e. The largest absolute Gasteiger partial charge is 0.395 e. The Labute approximate surface area is 130 Å². The van der Waals surface area contributed by atoms with Crippen LogP contribution in [-0.4, -0.2) is 35.0 Å². The van der Waals surface area contributed by atoms with E-state index in [1.54, 1.807) is 0 Å². The Morgan fingerprint density at radius 2 is 2.05 bits per heavy atom. The Morgan fingerprint density at radius 1 is 1.27 bits per heavy atom. The third-order valence-corrected chi connectivity index (χ3v) is 3.71. The van der Waals surface area contributed by atoms with E-state index in [9.17, 15) is 9.59 Å². The summed E-state index contributed by atoms with van der Waals surface area (Å²) in [5, 5.41) is 11.9. The third-order valence-electron chi connectivity index (χ3n) is 3.71. The van der Waals surface area contributed by atoms with E-state index in [2.05, 4.69) is 18.3 Å². The molecule has 2 amide bonds. The molecule has 0 fully saturated rings. The van der Waals surface area contributed by atoms with Crippen molar-refractivity contribution < 1.29 is 14.7 Å². The van der Waals surface area contributed by atoms with E-state index in [1.807, 2.05) is 19.1 Å². The summed E-state index contributed by atoms with van der Waals surface area (Å²) in [6.45, 7) is 3.93. The van der Waals surface area contributed by atoms with Gasteiger partial charge in [-0.3, -0.25) is 14.5 Å². The number of nitrogens with zero attached hydrogens (tertiary/aromatic N) is 1. The fourth-order valence-electron chi connectivity index (χ4n) is 2.46. The minimum absolute atomic E-state index is 0.0221. The van der Waals surface area contributed by atoms with Crippen molar-refractivity contribution in [3.05, 3.63) is 41.1 Å². The smallest absolute Gasteiger partial charge is 0.277 e. The molecule has 0 aliphatic carbocycles. The number of aliphatic hydroxyl groups excluding tert-OH is 1. The highest BCUT2D eigenvalue weighted by atomic mass is 16.3. The molecule has 0 saturated carbocycles. The lowest BCUT2D eigenvalue weighted by molar-refractivity contribution is -0.137. The molecule has 118 valence electrons. The standard InChI is InChI=1S/C17H22N2O3/c1-3-4-5-13-6-7-14(12(2)10-13)18-15-11-16(21)19(8-9-20)17(15)22/h6-7,10-11,18,20H,3-5,8-9H2,1-2H3. The van der Waals surface area contributed by atoms with Crippen molar-refractivity contribution in [2.75, 3.05) is 18.5 Å². The number of aliphatic hydroxyl groups is 1. The van der Waals surface area contributed by atoms with Gasteiger partial charge in [-0.2, -0.15) is 0 Å². The lowest BCUT2D eigenvalue weighted by atomic mass is 10.0. The highest BCUT2D eigenvalue weighted by molar-refractivity contribution is 6.17. The van der Waals surface area contributed by atoms with Crippen LogP contribution in [0.15, 0.2) is 30.0 Å². The number of aryl methyl sites for hydroxylation is 2. The molecule has 1 aliphatic rings. The molecule has 0 unspecified atom stereocenters. The molecular formula is C17H22N2O3. The van der Waals surface area contributed by atoms with E-state index in [4.69, 9.17) is 5.11 Å². The molecular weight excluding hydrogens is 280 g/mol. The number of imide groups is 1. The Bertz CT molecular complexity index is 608. The molecule has 0 spiro atoms. The molecule has 5 heteroatoms. The van der Waals surface area contributed by atoms with Gasteiger partial charge in [0.15, 0.2) is 0 Å². The summed E-state index contributed by atoms with van der Waals surface area (Å²) in [6, 6.07) is 6.08. The number of anilines is 1. The van der Waals surface area contributed by atoms with Gasteiger partial charge in [-0.05, 0) is 37.0 Å². The normalized spacial score (nSPS) is 14.5. The Morgan fingerprint density at radius 3 is 2.68 bits per heavy atom. The van der Waals surface area contributed by atoms with Crippen molar-refractivity contribution >= 4 is 17.5 Å². The van der Waals surface area contributed by atoms with Crippen LogP contribution in [0.5, 0.6) is 0 Å². The second-order valence-electron chi connectivity index (χ2n) is 5.45. The van der Waals surface area contributed by atoms with Crippen LogP contribution in [-0.2, 0) is 16.0 Å². The lowest BCUT2D eigenvalue weighted by Crippen LogP contribution is -2.34. The van der Waals surface area contributed by atoms with Gasteiger partial charge in [-0.15, -0.1) is 0 Å². The van der Waals surface area contributed by atoms with Crippen molar-refractivity contribution in [1.82, 2.24) is 4.90 Å². The van der Waals surface area contributed by atoms with Crippen LogP contribution < -0.4 is 5.32 Å². The van der Waals surface area contributed by atoms with Crippen molar-refractivity contribution in [3.63, 3.8) is 0 Å². The zero-order valence-electron chi connectivity index (χ0n) is 13.1. The van der Waals surface area contributed by atoms with Gasteiger partial charge in [-0.1, -0.05) is 25.5 Å². The van der Waals surface area contributed by atoms with Crippen LogP contribution in [0.1, 0.15) is 30.9 Å². The number of amides is 2. The molecule has 0 atom stereocenters. The number of hydrogen-bond acceptors (Lipinski definition) is 4. The van der Waals surface area contributed by atoms with Gasteiger partial charge < -0.3 is 10.4 Å². The first-order chi connectivity index (χ1) is 10.6. The zero-order valence-corrected chi connectivity index (χ0v) is 13.1. The van der Waals surface area contributed by atoms with E-state index in [0.29, 0.717) is 0 Å². The molecule has 22 heavy (non-hydrogen) atoms. The molecule has 0 radical (unpaired) electrons. The minimum atomic E-state index is -0.395. The second-order valence-corrected chi connectivity index (χ2v) is 5.45. The first-order valence-electron chi connectivity index (χ1n) is 7.61. The number of carbonyl (C=O) groups is 2. The molecule has 1 aliphatic heterocycles. The van der Waals surface area contributed by atoms with Crippen molar-refractivity contribution in [2.24, 2.45) is 0 Å². The predicted molar refractivity (Wildman–Crippen MR) is 85.3 cm³/mol. The third kappa shape index (κ3) is 3.54. The van der Waals surface area contributed by atoms with Crippen molar-refractivity contribution in [1.29, 1.82) is 0 Å². The fraction of sp³-hybridized carbons (Fsp3) is 0.412. The second kappa shape index (κ2) is 7.22. The molecule has 1 aromatic rings. The van der Waals surface area contributed by atoms with Gasteiger partial charge in [0, 0.05) is 11.8 Å². The van der Waals surface area contributed by atoms with Crippen LogP contribution in [0.3, 0.4) is 0 Å². The number of carbonyl (C=O) groups excluding carboxylic acids is 2. The van der Waals surface area contributed by atoms with Gasteiger partial charge in [-0.25, -0.2) is 0 Å². The van der Waals surface area contributed by atoms with E-state index in [0.717, 1.165) is 35.4 Å². The van der Waals surface area contributed by atoms with E-state index in [1.165, 1.54) is 11.6 Å². The molecule has 0 bridgehead atoms. The van der Waals surface area contributed by atoms with Crippen LogP contribution in [0.25, 0.3) is 0 Å². The van der Waals surface area contributed by atoms with Gasteiger partial charge in [0.25, 0.3) is 11.8 Å². The summed E-state index contributed by atoms with van der Waals surface area (Å²) < 4.78 is 0. The maximum absolute atomic E-state index is 12.1. The van der Waals surface area contributed by atoms with Crippen LogP contribution in [0, 0.1) is 6.92 Å². The molecule has 5 nitrogen and oxygen atoms in total. The number of nitrogens with one attached hydrogen (secondary N) is 1. The lowest BCUT2D eigenvalue weighted by Gasteiger charge is -2.14. The molecule has 2 rings (SSSR count). The summed E-state index contributed by atoms with van der Waals surface area (Å²) in [6.07, 6.45) is 4.63. The SMILES string of the molecule is CCCCc1ccc(NC2=CC(=O)N(CCO)C2=O)c(C)c1. The topological polar surface area (TPSA) is 69.6 Å². The summed E-state index contributed by atoms with van der Waals surface area (Å²) >= 11 is 0. The van der Waals surface area contributed by atoms with Crippen LogP contribution in [0.2, 0.25) is 0 Å². The molecule has 0 saturated heterocycles. The predicted octanol–water partition coefficient (Wildman–Crippen LogP) is 1.99. The molecule has 1 aromatic carbocycles. The van der Waals surface area contributed by atoms with Gasteiger partial charge >= 0.3 is 0 Å². The Balaban J connectivity index is 2.10. The monoisotopic (exact) mass is 302 g/mol. The first-order valence-corrected chi connectivity index (χ1v) is 7.61. The average molecular weight is 302 g/mol. The van der Waals surface area contributed by atoms with Gasteiger partial charge in [0.2, 0.25) is 0 Å². The van der Waals surface area contributed by atoms with Crippen LogP contribution in [0.4, 0.5) is 5.69 Å². The van der Waals surface area contributed by atoms with Crippen molar-refractivity contribution in [2.45, 2.75) is 33.1 Å². The van der Waals surface area contributed by atoms with Gasteiger partial charge in [0.1, 0.15) is 5.70 Å². The average Bonchev–Trinajstić information content (AvgIpc) is 2.75. The summed E-state index contributed by atoms with van der Waals surface area (Å²) in [7, 11) is 0. The molecule has 0 aromatic heterocycles. The van der Waals surface area contributed by atoms with Gasteiger partial charge in [0.05, 0.1) is 13.2 Å².